The van der Waals surface area contributed by atoms with Gasteiger partial charge in [0.1, 0.15) is 11.5 Å². The van der Waals surface area contributed by atoms with E-state index in [4.69, 9.17) is 14.2 Å². The number of fused-ring (bicyclic) bond motifs is 7. The van der Waals surface area contributed by atoms with Gasteiger partial charge in [-0.05, 0) is 121 Å². The summed E-state index contributed by atoms with van der Waals surface area (Å²) in [7, 11) is 1.76. The van der Waals surface area contributed by atoms with Crippen LogP contribution in [0.15, 0.2) is 95.8 Å². The highest BCUT2D eigenvalue weighted by atomic mass is 16.5. The molecule has 1 atom stereocenters. The molecule has 2 aliphatic heterocycles. The van der Waals surface area contributed by atoms with Crippen molar-refractivity contribution in [3.8, 4) is 11.5 Å². The molecule has 3 aromatic rings. The lowest BCUT2D eigenvalue weighted by Crippen LogP contribution is -2.45. The number of allylic oxidation sites excluding steroid dienone is 7. The van der Waals surface area contributed by atoms with E-state index in [1.807, 2.05) is 0 Å². The Morgan fingerprint density at radius 1 is 0.922 bits per heavy atom. The van der Waals surface area contributed by atoms with Gasteiger partial charge in [-0.15, -0.1) is 0 Å². The summed E-state index contributed by atoms with van der Waals surface area (Å²) in [6, 6.07) is 17.3. The first-order chi connectivity index (χ1) is 24.4. The molecule has 1 unspecified atom stereocenters. The largest absolute Gasteiger partial charge is 0.497 e. The van der Waals surface area contributed by atoms with Gasteiger partial charge < -0.3 is 19.1 Å². The second-order valence-electron chi connectivity index (χ2n) is 16.9. The highest BCUT2D eigenvalue weighted by Gasteiger charge is 2.55. The van der Waals surface area contributed by atoms with Crippen molar-refractivity contribution in [1.82, 2.24) is 4.90 Å². The molecule has 51 heavy (non-hydrogen) atoms. The molecule has 1 saturated heterocycles. The van der Waals surface area contributed by atoms with Crippen molar-refractivity contribution >= 4 is 22.4 Å². The smallest absolute Gasteiger partial charge is 0.174 e. The van der Waals surface area contributed by atoms with Gasteiger partial charge in [0.15, 0.2) is 5.60 Å². The summed E-state index contributed by atoms with van der Waals surface area (Å²) >= 11 is 0. The molecule has 1 spiro atoms. The minimum Gasteiger partial charge on any atom is -0.497 e. The van der Waals surface area contributed by atoms with E-state index < -0.39 is 5.60 Å². The van der Waals surface area contributed by atoms with Gasteiger partial charge in [0.05, 0.1) is 20.3 Å². The van der Waals surface area contributed by atoms with Crippen LogP contribution < -0.4 is 9.47 Å². The van der Waals surface area contributed by atoms with Crippen LogP contribution >= 0.6 is 0 Å². The van der Waals surface area contributed by atoms with E-state index in [2.05, 4.69) is 145 Å². The lowest BCUT2D eigenvalue weighted by molar-refractivity contribution is 0.0524. The number of ether oxygens (including phenoxy) is 3. The van der Waals surface area contributed by atoms with E-state index in [0.717, 1.165) is 73.6 Å². The normalized spacial score (nSPS) is 23.9. The van der Waals surface area contributed by atoms with Crippen LogP contribution in [0, 0.1) is 10.8 Å². The highest BCUT2D eigenvalue weighted by Crippen LogP contribution is 2.66. The molecule has 2 heterocycles. The summed E-state index contributed by atoms with van der Waals surface area (Å²) in [5.74, 6) is 1.79. The number of benzene rings is 3. The third-order valence-corrected chi connectivity index (χ3v) is 12.0. The quantitative estimate of drug-likeness (QED) is 0.232. The predicted octanol–water partition coefficient (Wildman–Crippen LogP) is 11.6. The van der Waals surface area contributed by atoms with Crippen molar-refractivity contribution in [3.05, 3.63) is 118 Å². The standard InChI is InChI=1S/C47H57NO3/c1-10-15-40-33(4)41-37-21-20-36(49-9)28-39(37)43-38(42(41)46(40)30-44(5,6)29-45(7,8)31-46)22-23-47(51-43,34-16-13-12-14-17-34)32(3)18-19-35(11-2)48-24-26-50-27-25-48/h10,12-23,28H,11,24-27,29-31H2,1-9H3/b15-10-,32-18+,35-19+. The van der Waals surface area contributed by atoms with E-state index in [0.29, 0.717) is 0 Å². The third-order valence-electron chi connectivity index (χ3n) is 12.0. The maximum atomic E-state index is 7.68. The molecule has 0 bridgehead atoms. The van der Waals surface area contributed by atoms with Gasteiger partial charge in [-0.2, -0.15) is 0 Å². The van der Waals surface area contributed by atoms with Crippen molar-refractivity contribution in [3.63, 3.8) is 0 Å². The fourth-order valence-electron chi connectivity index (χ4n) is 10.6. The fourth-order valence-corrected chi connectivity index (χ4v) is 10.6. The van der Waals surface area contributed by atoms with Gasteiger partial charge in [0, 0.05) is 40.7 Å². The van der Waals surface area contributed by atoms with Crippen LogP contribution in [0.2, 0.25) is 0 Å². The molecular formula is C47H57NO3. The summed E-state index contributed by atoms with van der Waals surface area (Å²) in [6.45, 7) is 22.3. The summed E-state index contributed by atoms with van der Waals surface area (Å²) in [4.78, 5) is 2.46. The summed E-state index contributed by atoms with van der Waals surface area (Å²) < 4.78 is 19.2. The Morgan fingerprint density at radius 2 is 1.63 bits per heavy atom. The molecule has 0 radical (unpaired) electrons. The maximum Gasteiger partial charge on any atom is 0.174 e. The first kappa shape index (κ1) is 35.4. The Hall–Kier alpha value is -4.02. The topological polar surface area (TPSA) is 30.9 Å². The van der Waals surface area contributed by atoms with Crippen LogP contribution in [-0.2, 0) is 15.8 Å². The van der Waals surface area contributed by atoms with E-state index >= 15 is 0 Å². The van der Waals surface area contributed by atoms with Crippen molar-refractivity contribution < 1.29 is 14.2 Å². The molecule has 4 heteroatoms. The zero-order valence-electron chi connectivity index (χ0n) is 32.4. The molecule has 0 aromatic heterocycles. The number of morpholine rings is 1. The molecule has 2 aliphatic carbocycles. The molecule has 7 rings (SSSR count). The Balaban J connectivity index is 1.50. The van der Waals surface area contributed by atoms with Gasteiger partial charge in [0.25, 0.3) is 0 Å². The van der Waals surface area contributed by atoms with Crippen molar-refractivity contribution in [2.75, 3.05) is 33.4 Å². The Bertz CT molecular complexity index is 1970. The molecule has 4 nitrogen and oxygen atoms in total. The number of rotatable bonds is 7. The third kappa shape index (κ3) is 5.98. The first-order valence-electron chi connectivity index (χ1n) is 19.1. The van der Waals surface area contributed by atoms with Crippen LogP contribution in [0.5, 0.6) is 11.5 Å². The second kappa shape index (κ2) is 13.2. The van der Waals surface area contributed by atoms with Crippen LogP contribution in [0.4, 0.5) is 0 Å². The van der Waals surface area contributed by atoms with Crippen molar-refractivity contribution in [2.45, 2.75) is 92.1 Å². The van der Waals surface area contributed by atoms with Crippen molar-refractivity contribution in [2.24, 2.45) is 10.8 Å². The van der Waals surface area contributed by atoms with E-state index in [1.165, 1.54) is 45.3 Å². The summed E-state index contributed by atoms with van der Waals surface area (Å²) in [5, 5.41) is 2.34. The molecule has 1 saturated carbocycles. The minimum atomic E-state index is -0.787. The number of methoxy groups -OCH3 is 1. The minimum absolute atomic E-state index is 0.127. The average molecular weight is 684 g/mol. The molecule has 2 fully saturated rings. The van der Waals surface area contributed by atoms with Crippen LogP contribution in [0.3, 0.4) is 0 Å². The Labute approximate surface area is 306 Å². The van der Waals surface area contributed by atoms with Gasteiger partial charge in [0.2, 0.25) is 0 Å². The molecule has 0 N–H and O–H groups in total. The molecule has 4 aliphatic rings. The molecule has 3 aromatic carbocycles. The molecule has 0 amide bonds. The molecule has 268 valence electrons. The van der Waals surface area contributed by atoms with Crippen molar-refractivity contribution in [1.29, 1.82) is 0 Å². The zero-order valence-corrected chi connectivity index (χ0v) is 32.4. The SMILES string of the molecule is C/C=C\C1=C(C)c2c(c3c(c4cc(OC)ccc24)OC(/C(C)=C/C=C(\CC)N2CCOCC2)(c2ccccc2)C=C3)C12CC(C)(C)CC(C)(C)C2. The Morgan fingerprint density at radius 3 is 2.27 bits per heavy atom. The first-order valence-corrected chi connectivity index (χ1v) is 19.1. The maximum absolute atomic E-state index is 7.68. The van der Waals surface area contributed by atoms with E-state index in [-0.39, 0.29) is 16.2 Å². The van der Waals surface area contributed by atoms with E-state index in [9.17, 15) is 0 Å². The van der Waals surface area contributed by atoms with E-state index in [1.54, 1.807) is 7.11 Å². The number of hydrogen-bond donors (Lipinski definition) is 0. The summed E-state index contributed by atoms with van der Waals surface area (Å²) in [6.07, 6.45) is 18.4. The van der Waals surface area contributed by atoms with Gasteiger partial charge >= 0.3 is 0 Å². The highest BCUT2D eigenvalue weighted by molar-refractivity contribution is 6.06. The van der Waals surface area contributed by atoms with Gasteiger partial charge in [-0.25, -0.2) is 0 Å². The number of hydrogen-bond acceptors (Lipinski definition) is 4. The molecular weight excluding hydrogens is 627 g/mol. The van der Waals surface area contributed by atoms with Gasteiger partial charge in [-0.1, -0.05) is 89.3 Å². The monoisotopic (exact) mass is 683 g/mol. The summed E-state index contributed by atoms with van der Waals surface area (Å²) in [5.41, 5.74) is 9.93. The Kier molecular flexibility index (Phi) is 9.15. The predicted molar refractivity (Wildman–Crippen MR) is 213 cm³/mol. The van der Waals surface area contributed by atoms with Crippen LogP contribution in [0.25, 0.3) is 22.4 Å². The number of nitrogens with zero attached hydrogens (tertiary/aromatic N) is 1. The van der Waals surface area contributed by atoms with Crippen LogP contribution in [-0.4, -0.2) is 38.3 Å². The zero-order chi connectivity index (χ0) is 36.2. The lowest BCUT2D eigenvalue weighted by atomic mass is 9.51. The average Bonchev–Trinajstić information content (AvgIpc) is 3.33. The second-order valence-corrected chi connectivity index (χ2v) is 16.9. The van der Waals surface area contributed by atoms with Gasteiger partial charge in [-0.3, -0.25) is 0 Å². The fraction of sp³-hybridized carbons (Fsp3) is 0.447. The van der Waals surface area contributed by atoms with Crippen LogP contribution in [0.1, 0.15) is 103 Å². The lowest BCUT2D eigenvalue weighted by Gasteiger charge is -2.53.